The van der Waals surface area contributed by atoms with Crippen molar-refractivity contribution in [3.8, 4) is 17.6 Å². The minimum Gasteiger partial charge on any atom is -0.497 e. The van der Waals surface area contributed by atoms with Gasteiger partial charge in [0.25, 0.3) is 11.1 Å². The van der Waals surface area contributed by atoms with Crippen LogP contribution < -0.4 is 42.6 Å². The van der Waals surface area contributed by atoms with E-state index in [4.69, 9.17) is 33.2 Å². The molecule has 5 aromatic rings. The van der Waals surface area contributed by atoms with Crippen molar-refractivity contribution >= 4 is 13.3 Å². The molecule has 22 heteroatoms. The fourth-order valence-electron chi connectivity index (χ4n) is 10.3. The Morgan fingerprint density at radius 2 is 1.20 bits per heavy atom. The Kier molecular flexibility index (Phi) is 18.0. The van der Waals surface area contributed by atoms with E-state index in [1.165, 1.54) is 47.9 Å². The molecule has 396 valence electrons. The number of rotatable bonds is 22. The van der Waals surface area contributed by atoms with Crippen LogP contribution in [-0.4, -0.2) is 126 Å². The summed E-state index contributed by atoms with van der Waals surface area (Å²) in [6, 6.07) is 27.6. The first-order chi connectivity index (χ1) is 35.5. The summed E-state index contributed by atoms with van der Waals surface area (Å²) in [5, 5.41) is 15.6. The van der Waals surface area contributed by atoms with Crippen molar-refractivity contribution in [1.29, 1.82) is 5.26 Å². The van der Waals surface area contributed by atoms with Gasteiger partial charge in [-0.05, 0) is 41.0 Å². The maximum Gasteiger partial charge on any atom is 0.330 e. The average molecular weight is 1040 g/mol. The van der Waals surface area contributed by atoms with Crippen LogP contribution >= 0.6 is 7.29 Å². The number of nitrogens with one attached hydrogen (secondary N) is 4. The molecule has 7 rings (SSSR count). The predicted octanol–water partition coefficient (Wildman–Crippen LogP) is 4.53. The fourth-order valence-corrected chi connectivity index (χ4v) is 13.8. The van der Waals surface area contributed by atoms with Gasteiger partial charge in [-0.2, -0.15) is 5.26 Å². The third-order valence-corrected chi connectivity index (χ3v) is 18.1. The largest absolute Gasteiger partial charge is 0.497 e. The fraction of sp³-hybridized carbons (Fsp3) is 0.462. The number of hydrogen-bond acceptors (Lipinski definition) is 14. The zero-order valence-electron chi connectivity index (χ0n) is 42.7. The maximum atomic E-state index is 15.2. The molecule has 4 heterocycles. The summed E-state index contributed by atoms with van der Waals surface area (Å²) in [7, 11) is 2.70. The normalized spacial score (nSPS) is 22.0. The molecule has 8 atom stereocenters. The molecule has 2 aliphatic rings. The number of methoxy groups -OCH3 is 4. The summed E-state index contributed by atoms with van der Waals surface area (Å²) >= 11 is 0. The lowest BCUT2D eigenvalue weighted by atomic mass is 9.80. The number of H-pyrrole nitrogens is 2. The van der Waals surface area contributed by atoms with Crippen molar-refractivity contribution in [2.24, 2.45) is 5.92 Å². The highest BCUT2D eigenvalue weighted by Crippen LogP contribution is 2.61. The third-order valence-electron chi connectivity index (χ3n) is 13.9. The van der Waals surface area contributed by atoms with Gasteiger partial charge in [0.05, 0.1) is 45.1 Å². The highest BCUT2D eigenvalue weighted by molar-refractivity contribution is 7.62. The summed E-state index contributed by atoms with van der Waals surface area (Å²) in [6.07, 6.45) is -3.34. The van der Waals surface area contributed by atoms with Crippen molar-refractivity contribution in [1.82, 2.24) is 34.4 Å². The molecule has 21 nitrogen and oxygen atoms in total. The number of aromatic nitrogens is 4. The Hall–Kier alpha value is -6.63. The number of benzene rings is 3. The van der Waals surface area contributed by atoms with Crippen molar-refractivity contribution < 1.29 is 42.5 Å². The van der Waals surface area contributed by atoms with Crippen molar-refractivity contribution in [3.05, 3.63) is 162 Å². The van der Waals surface area contributed by atoms with Crippen LogP contribution in [0.25, 0.3) is 0 Å². The number of aromatic amines is 2. The molecule has 0 bridgehead atoms. The first kappa shape index (κ1) is 55.1. The molecule has 2 amide bonds. The second kappa shape index (κ2) is 24.1. The molecule has 74 heavy (non-hydrogen) atoms. The topological polar surface area (TPSA) is 260 Å². The molecule has 0 aliphatic carbocycles. The van der Waals surface area contributed by atoms with E-state index in [1.54, 1.807) is 18.9 Å². The van der Waals surface area contributed by atoms with Gasteiger partial charge in [0.15, 0.2) is 19.7 Å². The van der Waals surface area contributed by atoms with E-state index in [0.717, 1.165) is 16.7 Å². The van der Waals surface area contributed by atoms with E-state index >= 15 is 4.57 Å². The van der Waals surface area contributed by atoms with E-state index in [-0.39, 0.29) is 44.0 Å². The molecule has 0 spiro atoms. The zero-order chi connectivity index (χ0) is 53.3. The molecular formula is C52H65N8O13P. The Balaban J connectivity index is 1.22. The van der Waals surface area contributed by atoms with E-state index in [2.05, 4.69) is 26.7 Å². The van der Waals surface area contributed by atoms with Crippen molar-refractivity contribution in [2.45, 2.75) is 93.9 Å². The summed E-state index contributed by atoms with van der Waals surface area (Å²) in [5.74, 6) is 0.557. The lowest BCUT2D eigenvalue weighted by Gasteiger charge is -2.43. The number of nitriles is 1. The maximum absolute atomic E-state index is 15.2. The Morgan fingerprint density at radius 3 is 1.68 bits per heavy atom. The predicted molar refractivity (Wildman–Crippen MR) is 274 cm³/mol. The Labute approximate surface area is 428 Å². The zero-order valence-corrected chi connectivity index (χ0v) is 43.6. The highest BCUT2D eigenvalue weighted by atomic mass is 31.2. The molecule has 2 saturated heterocycles. The van der Waals surface area contributed by atoms with Gasteiger partial charge in [-0.1, -0.05) is 82.3 Å². The number of carbonyl (C=O) groups excluding carboxylic acids is 1. The smallest absolute Gasteiger partial charge is 0.330 e. The van der Waals surface area contributed by atoms with E-state index in [9.17, 15) is 29.2 Å². The van der Waals surface area contributed by atoms with Gasteiger partial charge in [-0.3, -0.25) is 28.7 Å². The van der Waals surface area contributed by atoms with Gasteiger partial charge >= 0.3 is 17.4 Å². The summed E-state index contributed by atoms with van der Waals surface area (Å²) in [4.78, 5) is 69.7. The van der Waals surface area contributed by atoms with Crippen LogP contribution in [0.5, 0.6) is 11.5 Å². The number of carbonyl (C=O) groups is 1. The molecule has 2 aliphatic heterocycles. The van der Waals surface area contributed by atoms with Gasteiger partial charge in [-0.25, -0.2) is 19.1 Å². The van der Waals surface area contributed by atoms with Gasteiger partial charge in [-0.15, -0.1) is 0 Å². The Bertz CT molecular complexity index is 2950. The van der Waals surface area contributed by atoms with Crippen LogP contribution in [0, 0.1) is 17.2 Å². The monoisotopic (exact) mass is 1040 g/mol. The Morgan fingerprint density at radius 1 is 0.716 bits per heavy atom. The molecule has 2 fully saturated rings. The molecule has 0 unspecified atom stereocenters. The van der Waals surface area contributed by atoms with Gasteiger partial charge in [0, 0.05) is 82.0 Å². The first-order valence-corrected chi connectivity index (χ1v) is 26.1. The van der Waals surface area contributed by atoms with Crippen LogP contribution in [0.4, 0.5) is 4.79 Å². The van der Waals surface area contributed by atoms with E-state index in [0.29, 0.717) is 11.5 Å². The lowest BCUT2D eigenvalue weighted by molar-refractivity contribution is -0.0928. The lowest BCUT2D eigenvalue weighted by Crippen LogP contribution is -2.53. The molecule has 0 radical (unpaired) electrons. The number of ether oxygens (including phenoxy) is 7. The highest BCUT2D eigenvalue weighted by Gasteiger charge is 2.54. The van der Waals surface area contributed by atoms with Crippen molar-refractivity contribution in [2.75, 3.05) is 54.7 Å². The number of urea groups is 1. The average Bonchev–Trinajstić information content (AvgIpc) is 3.94. The van der Waals surface area contributed by atoms with E-state index < -0.39 is 90.3 Å². The molecular weight excluding hydrogens is 976 g/mol. The molecule has 2 aromatic heterocycles. The summed E-state index contributed by atoms with van der Waals surface area (Å²) < 4.78 is 63.1. The number of hydrogen-bond donors (Lipinski definition) is 4. The standard InChI is InChI=1S/C52H65N8O13P/c1-32(2)74(66,33(3)4)60(26-12-25-53)44-40(72-48(46(44)70-8)59-28-24-43(62)57-51(59)65)30-55-49(63)54-29-39-41(73-47(45(39)69-7)58-27-23-42(61)56-50(58)64)31-71-52(34-13-10-9-11-14-34,35-15-19-37(67-5)20-16-35)36-17-21-38(68-6)22-18-36/h9-11,13-24,27-28,32-33,39-41,44-48H,12,26,29-31H2,1-8H3,(H2,54,55,63)(H,56,61,64)(H,57,62,65)/t39-,40-,41-,44-,45-,46-,47-,48-/m1/s1. The van der Waals surface area contributed by atoms with Gasteiger partial charge in [0.2, 0.25) is 0 Å². The second-order valence-corrected chi connectivity index (χ2v) is 22.5. The van der Waals surface area contributed by atoms with Crippen LogP contribution in [0.1, 0.15) is 63.3 Å². The third kappa shape index (κ3) is 11.2. The molecule has 0 saturated carbocycles. The number of nitrogens with zero attached hydrogens (tertiary/aromatic N) is 4. The minimum absolute atomic E-state index is 0.00806. The van der Waals surface area contributed by atoms with E-state index in [1.807, 2.05) is 107 Å². The van der Waals surface area contributed by atoms with Crippen LogP contribution in [-0.2, 0) is 33.9 Å². The van der Waals surface area contributed by atoms with Gasteiger partial charge < -0.3 is 48.4 Å². The van der Waals surface area contributed by atoms with Gasteiger partial charge in [0.1, 0.15) is 29.3 Å². The summed E-state index contributed by atoms with van der Waals surface area (Å²) in [5.41, 5.74) is -2.48. The SMILES string of the molecule is COc1ccc(C(OC[C@H]2O[C@@H](n3ccc(=O)[nH]c3=O)[C@H](OC)[C@@H]2CNC(=O)NC[C@H]2O[C@@H](n3ccc(=O)[nH]c3=O)[C@H](OC)[C@@H]2N(CCC#N)P(=O)(C(C)C)C(C)C)(c2ccccc2)c2ccc(OC)cc2)cc1. The van der Waals surface area contributed by atoms with Crippen molar-refractivity contribution in [3.63, 3.8) is 0 Å². The first-order valence-electron chi connectivity index (χ1n) is 24.3. The van der Waals surface area contributed by atoms with Crippen LogP contribution in [0.15, 0.2) is 123 Å². The second-order valence-electron chi connectivity index (χ2n) is 18.6. The van der Waals surface area contributed by atoms with Crippen LogP contribution in [0.2, 0.25) is 0 Å². The molecule has 4 N–H and O–H groups in total. The number of amides is 2. The minimum atomic E-state index is -3.34. The quantitative estimate of drug-likeness (QED) is 0.0549. The molecule has 3 aromatic carbocycles. The summed E-state index contributed by atoms with van der Waals surface area (Å²) in [6.45, 7) is 7.05. The van der Waals surface area contributed by atoms with Crippen LogP contribution in [0.3, 0.4) is 0 Å².